The van der Waals surface area contributed by atoms with Crippen molar-refractivity contribution in [2.24, 2.45) is 10.9 Å². The number of carbonyl (C=O) groups is 1. The molecule has 1 atom stereocenters. The maximum Gasteiger partial charge on any atom is 0.348 e. The van der Waals surface area contributed by atoms with Gasteiger partial charge >= 0.3 is 6.03 Å². The maximum atomic E-state index is 11.7. The van der Waals surface area contributed by atoms with Gasteiger partial charge in [0, 0.05) is 12.2 Å². The molecule has 2 amide bonds. The van der Waals surface area contributed by atoms with Crippen LogP contribution in [0, 0.1) is 5.92 Å². The Morgan fingerprint density at radius 2 is 2.19 bits per heavy atom. The summed E-state index contributed by atoms with van der Waals surface area (Å²) in [5, 5.41) is 0. The lowest BCUT2D eigenvalue weighted by Gasteiger charge is -2.33. The SMILES string of the molecule is C=C1C2C=C(C)C=C(C)C2=NC(=O)N1CC. The Morgan fingerprint density at radius 1 is 1.50 bits per heavy atom. The number of aliphatic imine (C=N–C) groups is 1. The predicted molar refractivity (Wildman–Crippen MR) is 65.4 cm³/mol. The van der Waals surface area contributed by atoms with E-state index in [-0.39, 0.29) is 11.9 Å². The van der Waals surface area contributed by atoms with Gasteiger partial charge in [0.05, 0.1) is 11.6 Å². The topological polar surface area (TPSA) is 32.7 Å². The highest BCUT2D eigenvalue weighted by atomic mass is 16.2. The summed E-state index contributed by atoms with van der Waals surface area (Å²) in [7, 11) is 0. The Morgan fingerprint density at radius 3 is 2.81 bits per heavy atom. The summed E-state index contributed by atoms with van der Waals surface area (Å²) in [4.78, 5) is 17.5. The van der Waals surface area contributed by atoms with E-state index in [2.05, 4.69) is 30.6 Å². The average Bonchev–Trinajstić information content (AvgIpc) is 2.21. The number of rotatable bonds is 1. The van der Waals surface area contributed by atoms with Crippen molar-refractivity contribution in [1.29, 1.82) is 0 Å². The van der Waals surface area contributed by atoms with Crippen molar-refractivity contribution in [2.75, 3.05) is 6.54 Å². The van der Waals surface area contributed by atoms with Crippen LogP contribution in [0.5, 0.6) is 0 Å². The quantitative estimate of drug-likeness (QED) is 0.663. The third-order valence-electron chi connectivity index (χ3n) is 3.04. The summed E-state index contributed by atoms with van der Waals surface area (Å²) in [6, 6.07) is -0.195. The Balaban J connectivity index is 2.50. The van der Waals surface area contributed by atoms with Crippen LogP contribution in [0.25, 0.3) is 0 Å². The molecule has 0 N–H and O–H groups in total. The molecule has 0 saturated carbocycles. The van der Waals surface area contributed by atoms with Crippen molar-refractivity contribution >= 4 is 11.7 Å². The number of allylic oxidation sites excluding steroid dienone is 4. The number of urea groups is 1. The third-order valence-corrected chi connectivity index (χ3v) is 3.04. The first kappa shape index (κ1) is 10.9. The van der Waals surface area contributed by atoms with Crippen molar-refractivity contribution in [3.8, 4) is 0 Å². The largest absolute Gasteiger partial charge is 0.348 e. The van der Waals surface area contributed by atoms with Crippen molar-refractivity contribution in [3.63, 3.8) is 0 Å². The van der Waals surface area contributed by atoms with Crippen molar-refractivity contribution < 1.29 is 4.79 Å². The second-order valence-electron chi connectivity index (χ2n) is 4.23. The summed E-state index contributed by atoms with van der Waals surface area (Å²) < 4.78 is 0. The van der Waals surface area contributed by atoms with Crippen LogP contribution in [0.15, 0.2) is 40.6 Å². The number of amides is 2. The molecule has 1 unspecified atom stereocenters. The van der Waals surface area contributed by atoms with E-state index in [1.54, 1.807) is 4.90 Å². The number of nitrogens with zero attached hydrogens (tertiary/aromatic N) is 2. The minimum atomic E-state index is -0.195. The van der Waals surface area contributed by atoms with E-state index < -0.39 is 0 Å². The summed E-state index contributed by atoms with van der Waals surface area (Å²) >= 11 is 0. The molecule has 84 valence electrons. The number of hydrogen-bond donors (Lipinski definition) is 0. The predicted octanol–water partition coefficient (Wildman–Crippen LogP) is 2.92. The smallest absolute Gasteiger partial charge is 0.296 e. The molecule has 0 bridgehead atoms. The van der Waals surface area contributed by atoms with Gasteiger partial charge in [0.1, 0.15) is 0 Å². The average molecular weight is 216 g/mol. The van der Waals surface area contributed by atoms with Gasteiger partial charge in [-0.1, -0.05) is 24.3 Å². The van der Waals surface area contributed by atoms with Gasteiger partial charge in [0.15, 0.2) is 0 Å². The van der Waals surface area contributed by atoms with Crippen molar-refractivity contribution in [3.05, 3.63) is 35.6 Å². The van der Waals surface area contributed by atoms with Crippen LogP contribution in [0.3, 0.4) is 0 Å². The van der Waals surface area contributed by atoms with Crippen LogP contribution in [-0.4, -0.2) is 23.2 Å². The minimum absolute atomic E-state index is 0.0719. The van der Waals surface area contributed by atoms with E-state index in [1.807, 2.05) is 13.8 Å². The lowest BCUT2D eigenvalue weighted by atomic mass is 9.86. The summed E-state index contributed by atoms with van der Waals surface area (Å²) in [5.41, 5.74) is 3.96. The summed E-state index contributed by atoms with van der Waals surface area (Å²) in [6.07, 6.45) is 4.17. The highest BCUT2D eigenvalue weighted by Gasteiger charge is 2.32. The molecule has 2 rings (SSSR count). The first-order valence-electron chi connectivity index (χ1n) is 5.50. The molecule has 3 heteroatoms. The van der Waals surface area contributed by atoms with Gasteiger partial charge < -0.3 is 0 Å². The summed E-state index contributed by atoms with van der Waals surface area (Å²) in [5.74, 6) is 0.0719. The molecular formula is C13H16N2O. The zero-order chi connectivity index (χ0) is 11.9. The van der Waals surface area contributed by atoms with Gasteiger partial charge in [-0.05, 0) is 26.3 Å². The Labute approximate surface area is 95.9 Å². The fourth-order valence-electron chi connectivity index (χ4n) is 2.25. The van der Waals surface area contributed by atoms with E-state index in [1.165, 1.54) is 5.57 Å². The molecule has 1 heterocycles. The van der Waals surface area contributed by atoms with Gasteiger partial charge in [0.25, 0.3) is 0 Å². The van der Waals surface area contributed by atoms with Crippen LogP contribution in [0.1, 0.15) is 20.8 Å². The molecule has 0 aromatic rings. The summed E-state index contributed by atoms with van der Waals surface area (Å²) in [6.45, 7) is 10.6. The van der Waals surface area contributed by atoms with Gasteiger partial charge in [0.2, 0.25) is 0 Å². The third kappa shape index (κ3) is 1.52. The lowest BCUT2D eigenvalue weighted by molar-refractivity contribution is 0.219. The van der Waals surface area contributed by atoms with Crippen LogP contribution >= 0.6 is 0 Å². The Bertz CT molecular complexity index is 455. The molecule has 0 radical (unpaired) electrons. The fourth-order valence-corrected chi connectivity index (χ4v) is 2.25. The first-order valence-corrected chi connectivity index (χ1v) is 5.50. The van der Waals surface area contributed by atoms with Gasteiger partial charge in [-0.25, -0.2) is 4.79 Å². The van der Waals surface area contributed by atoms with Crippen LogP contribution in [0.2, 0.25) is 0 Å². The normalized spacial score (nSPS) is 24.8. The van der Waals surface area contributed by atoms with E-state index in [9.17, 15) is 4.79 Å². The van der Waals surface area contributed by atoms with Crippen LogP contribution < -0.4 is 0 Å². The second-order valence-corrected chi connectivity index (χ2v) is 4.23. The van der Waals surface area contributed by atoms with Crippen LogP contribution in [-0.2, 0) is 0 Å². The molecule has 0 saturated heterocycles. The highest BCUT2D eigenvalue weighted by molar-refractivity contribution is 6.12. The maximum absolute atomic E-state index is 11.7. The van der Waals surface area contributed by atoms with Crippen molar-refractivity contribution in [1.82, 2.24) is 4.90 Å². The van der Waals surface area contributed by atoms with Crippen LogP contribution in [0.4, 0.5) is 4.79 Å². The van der Waals surface area contributed by atoms with E-state index >= 15 is 0 Å². The molecule has 2 aliphatic rings. The zero-order valence-corrected chi connectivity index (χ0v) is 9.95. The number of hydrogen-bond acceptors (Lipinski definition) is 1. The Hall–Kier alpha value is -1.64. The standard InChI is InChI=1S/C13H16N2O/c1-5-15-10(4)11-7-8(2)6-9(3)12(11)14-13(15)16/h6-7,11H,4-5H2,1-3H3. The minimum Gasteiger partial charge on any atom is -0.296 e. The molecule has 0 fully saturated rings. The van der Waals surface area contributed by atoms with Crippen molar-refractivity contribution in [2.45, 2.75) is 20.8 Å². The molecule has 3 nitrogen and oxygen atoms in total. The molecule has 16 heavy (non-hydrogen) atoms. The van der Waals surface area contributed by atoms with Gasteiger partial charge in [-0.15, -0.1) is 0 Å². The highest BCUT2D eigenvalue weighted by Crippen LogP contribution is 2.31. The zero-order valence-electron chi connectivity index (χ0n) is 9.95. The van der Waals surface area contributed by atoms with E-state index in [4.69, 9.17) is 0 Å². The molecule has 1 aliphatic heterocycles. The molecule has 0 aromatic carbocycles. The number of fused-ring (bicyclic) bond motifs is 1. The molecule has 0 spiro atoms. The molecule has 0 aromatic heterocycles. The van der Waals surface area contributed by atoms with E-state index in [0.29, 0.717) is 6.54 Å². The fraction of sp³-hybridized carbons (Fsp3) is 0.385. The Kier molecular flexibility index (Phi) is 2.54. The molecule has 1 aliphatic carbocycles. The first-order chi connectivity index (χ1) is 7.54. The number of carbonyl (C=O) groups excluding carboxylic acids is 1. The monoisotopic (exact) mass is 216 g/mol. The molecular weight excluding hydrogens is 200 g/mol. The van der Waals surface area contributed by atoms with E-state index in [0.717, 1.165) is 17.0 Å². The lowest BCUT2D eigenvalue weighted by Crippen LogP contribution is -2.39. The van der Waals surface area contributed by atoms with Gasteiger partial charge in [-0.2, -0.15) is 4.99 Å². The second kappa shape index (κ2) is 3.74. The van der Waals surface area contributed by atoms with Gasteiger partial charge in [-0.3, -0.25) is 4.90 Å².